The third-order valence-electron chi connectivity index (χ3n) is 7.98. The van der Waals surface area contributed by atoms with Crippen molar-refractivity contribution in [3.05, 3.63) is 81.3 Å². The molecule has 3 aromatic rings. The maximum absolute atomic E-state index is 13.3. The summed E-state index contributed by atoms with van der Waals surface area (Å²) in [6, 6.07) is 15.1. The van der Waals surface area contributed by atoms with Gasteiger partial charge in [0, 0.05) is 51.5 Å². The van der Waals surface area contributed by atoms with Crippen molar-refractivity contribution < 1.29 is 19.1 Å². The van der Waals surface area contributed by atoms with Crippen LogP contribution in [0.2, 0.25) is 0 Å². The van der Waals surface area contributed by atoms with Crippen LogP contribution in [0.25, 0.3) is 0 Å². The van der Waals surface area contributed by atoms with Crippen LogP contribution in [0.4, 0.5) is 10.5 Å². The van der Waals surface area contributed by atoms with Crippen molar-refractivity contribution in [1.29, 1.82) is 0 Å². The van der Waals surface area contributed by atoms with E-state index in [2.05, 4.69) is 41.0 Å². The Labute approximate surface area is 260 Å². The van der Waals surface area contributed by atoms with Gasteiger partial charge < -0.3 is 19.5 Å². The number of carbonyl (C=O) groups is 3. The smallest absolute Gasteiger partial charge is 0.412 e. The van der Waals surface area contributed by atoms with Gasteiger partial charge in [0.2, 0.25) is 0 Å². The summed E-state index contributed by atoms with van der Waals surface area (Å²) >= 11 is 3.69. The summed E-state index contributed by atoms with van der Waals surface area (Å²) in [4.78, 5) is 46.4. The van der Waals surface area contributed by atoms with E-state index in [0.29, 0.717) is 34.8 Å². The van der Waals surface area contributed by atoms with E-state index in [-0.39, 0.29) is 17.4 Å². The van der Waals surface area contributed by atoms with Crippen molar-refractivity contribution in [1.82, 2.24) is 24.7 Å². The molecular weight excluding hydrogens is 612 g/mol. The number of fused-ring (bicyclic) bond motifs is 2. The quantitative estimate of drug-likeness (QED) is 0.349. The van der Waals surface area contributed by atoms with Gasteiger partial charge in [-0.2, -0.15) is 0 Å². The molecule has 3 amide bonds. The highest BCUT2D eigenvalue weighted by Gasteiger charge is 2.50. The van der Waals surface area contributed by atoms with Crippen LogP contribution in [0.1, 0.15) is 77.8 Å². The lowest BCUT2D eigenvalue weighted by Crippen LogP contribution is -2.56. The van der Waals surface area contributed by atoms with Crippen molar-refractivity contribution in [3.8, 4) is 0 Å². The molecule has 43 heavy (non-hydrogen) atoms. The molecule has 11 heteroatoms. The molecule has 0 unspecified atom stereocenters. The van der Waals surface area contributed by atoms with Crippen LogP contribution >= 0.6 is 15.9 Å². The molecule has 5 rings (SSSR count). The molecule has 1 aromatic heterocycles. The maximum atomic E-state index is 13.3. The fraction of sp³-hybridized carbons (Fsp3) is 0.438. The molecule has 2 aliphatic rings. The van der Waals surface area contributed by atoms with E-state index in [0.717, 1.165) is 49.2 Å². The zero-order valence-corrected chi connectivity index (χ0v) is 27.0. The highest BCUT2D eigenvalue weighted by molar-refractivity contribution is 9.10. The van der Waals surface area contributed by atoms with Crippen molar-refractivity contribution in [2.24, 2.45) is 0 Å². The standard InChI is InChI=1S/C32H39BrN6O4/c1-31(2,3)43-30(42)35-24-13-9-21(10-14-24)19-34-28(40)27-36-26(33)25-32(15-6-16-32)38(17-18-39(25)27)20-22-7-11-23(12-8-22)29(41)37(4)5/h7-14H,6,15-20H2,1-5H3,(H,34,40)(H,35,42). The first-order valence-electron chi connectivity index (χ1n) is 14.6. The molecule has 0 radical (unpaired) electrons. The monoisotopic (exact) mass is 650 g/mol. The summed E-state index contributed by atoms with van der Waals surface area (Å²) in [5, 5.41) is 5.72. The molecular formula is C32H39BrN6O4. The molecule has 1 saturated carbocycles. The van der Waals surface area contributed by atoms with Gasteiger partial charge >= 0.3 is 6.09 Å². The Morgan fingerprint density at radius 3 is 2.23 bits per heavy atom. The van der Waals surface area contributed by atoms with E-state index in [9.17, 15) is 14.4 Å². The number of amides is 3. The van der Waals surface area contributed by atoms with Crippen LogP contribution in [0.5, 0.6) is 0 Å². The number of nitrogens with zero attached hydrogens (tertiary/aromatic N) is 4. The Balaban J connectivity index is 1.25. The first-order valence-corrected chi connectivity index (χ1v) is 15.3. The van der Waals surface area contributed by atoms with E-state index in [1.807, 2.05) is 57.2 Å². The van der Waals surface area contributed by atoms with Gasteiger partial charge in [0.1, 0.15) is 10.2 Å². The number of halogens is 1. The lowest BCUT2D eigenvalue weighted by Gasteiger charge is -2.53. The van der Waals surface area contributed by atoms with E-state index < -0.39 is 11.7 Å². The predicted octanol–water partition coefficient (Wildman–Crippen LogP) is 5.52. The van der Waals surface area contributed by atoms with Gasteiger partial charge in [-0.25, -0.2) is 9.78 Å². The fourth-order valence-corrected chi connectivity index (χ4v) is 6.51. The number of ether oxygens (including phenoxy) is 1. The number of nitrogens with one attached hydrogen (secondary N) is 2. The molecule has 1 aliphatic carbocycles. The van der Waals surface area contributed by atoms with Gasteiger partial charge in [-0.1, -0.05) is 24.3 Å². The first kappa shape index (κ1) is 30.7. The molecule has 0 saturated heterocycles. The average molecular weight is 652 g/mol. The predicted molar refractivity (Wildman–Crippen MR) is 168 cm³/mol. The number of rotatable bonds is 7. The minimum Gasteiger partial charge on any atom is -0.444 e. The Morgan fingerprint density at radius 1 is 1.00 bits per heavy atom. The number of imidazole rings is 1. The summed E-state index contributed by atoms with van der Waals surface area (Å²) in [5.41, 5.74) is 3.64. The van der Waals surface area contributed by atoms with Gasteiger partial charge in [-0.3, -0.25) is 19.8 Å². The van der Waals surface area contributed by atoms with Crippen molar-refractivity contribution in [2.75, 3.05) is 26.0 Å². The van der Waals surface area contributed by atoms with Gasteiger partial charge in [-0.15, -0.1) is 0 Å². The van der Waals surface area contributed by atoms with E-state index in [1.54, 1.807) is 31.1 Å². The summed E-state index contributed by atoms with van der Waals surface area (Å²) < 4.78 is 8.08. The minimum atomic E-state index is -0.577. The Bertz CT molecular complexity index is 1500. The number of hydrogen-bond donors (Lipinski definition) is 2. The topological polar surface area (TPSA) is 109 Å². The molecule has 1 fully saturated rings. The SMILES string of the molecule is CN(C)C(=O)c1ccc(CN2CCn3c(C(=O)NCc4ccc(NC(=O)OC(C)(C)C)cc4)nc(Br)c3C23CCC3)cc1. The number of carbonyl (C=O) groups excluding carboxylic acids is 3. The lowest BCUT2D eigenvalue weighted by molar-refractivity contribution is -0.0223. The summed E-state index contributed by atoms with van der Waals surface area (Å²) in [6.45, 7) is 7.97. The van der Waals surface area contributed by atoms with E-state index in [1.165, 1.54) is 0 Å². The molecule has 2 heterocycles. The Morgan fingerprint density at radius 2 is 1.65 bits per heavy atom. The zero-order chi connectivity index (χ0) is 30.9. The molecule has 0 bridgehead atoms. The number of hydrogen-bond acceptors (Lipinski definition) is 6. The third-order valence-corrected chi connectivity index (χ3v) is 8.53. The lowest BCUT2D eigenvalue weighted by atomic mass is 9.72. The number of benzene rings is 2. The van der Waals surface area contributed by atoms with E-state index >= 15 is 0 Å². The Hall–Kier alpha value is -3.70. The van der Waals surface area contributed by atoms with Crippen LogP contribution in [0.15, 0.2) is 53.1 Å². The molecule has 1 aliphatic heterocycles. The van der Waals surface area contributed by atoms with Gasteiger partial charge in [0.25, 0.3) is 11.8 Å². The molecule has 0 atom stereocenters. The molecule has 228 valence electrons. The van der Waals surface area contributed by atoms with E-state index in [4.69, 9.17) is 4.74 Å². The van der Waals surface area contributed by atoms with Crippen LogP contribution in [-0.4, -0.2) is 63.5 Å². The van der Waals surface area contributed by atoms with Crippen LogP contribution in [0.3, 0.4) is 0 Å². The number of anilines is 1. The van der Waals surface area contributed by atoms with Crippen molar-refractivity contribution in [3.63, 3.8) is 0 Å². The summed E-state index contributed by atoms with van der Waals surface area (Å²) in [5.74, 6) is 0.167. The Kier molecular flexibility index (Phi) is 8.67. The van der Waals surface area contributed by atoms with Crippen molar-refractivity contribution >= 4 is 39.5 Å². The van der Waals surface area contributed by atoms with Gasteiger partial charge in [0.05, 0.1) is 11.2 Å². The highest BCUT2D eigenvalue weighted by atomic mass is 79.9. The zero-order valence-electron chi connectivity index (χ0n) is 25.4. The molecule has 2 aromatic carbocycles. The van der Waals surface area contributed by atoms with Crippen LogP contribution in [0, 0.1) is 0 Å². The molecule has 1 spiro atoms. The van der Waals surface area contributed by atoms with Gasteiger partial charge in [-0.05, 0) is 91.4 Å². The van der Waals surface area contributed by atoms with Crippen molar-refractivity contribution in [2.45, 2.75) is 70.8 Å². The summed E-state index contributed by atoms with van der Waals surface area (Å²) in [7, 11) is 3.51. The second-order valence-electron chi connectivity index (χ2n) is 12.4. The second kappa shape index (κ2) is 12.1. The third kappa shape index (κ3) is 6.62. The largest absolute Gasteiger partial charge is 0.444 e. The second-order valence-corrected chi connectivity index (χ2v) is 13.2. The van der Waals surface area contributed by atoms with Gasteiger partial charge in [0.15, 0.2) is 5.82 Å². The minimum absolute atomic E-state index is 0.00848. The first-order chi connectivity index (χ1) is 20.4. The van der Waals surface area contributed by atoms with Crippen LogP contribution < -0.4 is 10.6 Å². The molecule has 10 nitrogen and oxygen atoms in total. The maximum Gasteiger partial charge on any atom is 0.412 e. The summed E-state index contributed by atoms with van der Waals surface area (Å²) in [6.07, 6.45) is 2.60. The average Bonchev–Trinajstić information content (AvgIpc) is 3.27. The van der Waals surface area contributed by atoms with Crippen LogP contribution in [-0.2, 0) is 29.9 Å². The highest BCUT2D eigenvalue weighted by Crippen LogP contribution is 2.51. The molecule has 2 N–H and O–H groups in total. The normalized spacial score (nSPS) is 15.8. The fourth-order valence-electron chi connectivity index (χ4n) is 5.76. The number of aromatic nitrogens is 2.